The summed E-state index contributed by atoms with van der Waals surface area (Å²) in [6.07, 6.45) is 4.30. The summed E-state index contributed by atoms with van der Waals surface area (Å²) in [5.74, 6) is -1.00. The van der Waals surface area contributed by atoms with Gasteiger partial charge in [-0.25, -0.2) is 4.90 Å². The van der Waals surface area contributed by atoms with Gasteiger partial charge in [0.25, 0.3) is 0 Å². The Hall–Kier alpha value is -3.24. The van der Waals surface area contributed by atoms with E-state index in [0.717, 1.165) is 21.2 Å². The zero-order valence-electron chi connectivity index (χ0n) is 19.0. The van der Waals surface area contributed by atoms with Gasteiger partial charge in [0.05, 0.1) is 17.5 Å². The Morgan fingerprint density at radius 3 is 1.71 bits per heavy atom. The summed E-state index contributed by atoms with van der Waals surface area (Å²) in [6, 6.07) is 24.6. The van der Waals surface area contributed by atoms with Crippen LogP contribution in [0.3, 0.4) is 0 Å². The maximum atomic E-state index is 13.7. The average molecular weight is 510 g/mol. The van der Waals surface area contributed by atoms with Crippen LogP contribution < -0.4 is 4.90 Å². The Balaban J connectivity index is 1.49. The maximum Gasteiger partial charge on any atom is 0.238 e. The molecule has 2 fully saturated rings. The van der Waals surface area contributed by atoms with E-state index in [9.17, 15) is 9.59 Å². The number of carbonyl (C=O) groups excluding carboxylic acids is 2. The van der Waals surface area contributed by atoms with Crippen LogP contribution >= 0.6 is 15.9 Å². The van der Waals surface area contributed by atoms with Gasteiger partial charge >= 0.3 is 0 Å². The van der Waals surface area contributed by atoms with Crippen molar-refractivity contribution in [2.75, 3.05) is 4.90 Å². The highest BCUT2D eigenvalue weighted by Crippen LogP contribution is 2.58. The second-order valence-corrected chi connectivity index (χ2v) is 10.5. The number of hydrogen-bond acceptors (Lipinski definition) is 2. The van der Waals surface area contributed by atoms with Gasteiger partial charge in [-0.3, -0.25) is 9.59 Å². The van der Waals surface area contributed by atoms with E-state index in [0.29, 0.717) is 5.69 Å². The first-order valence-electron chi connectivity index (χ1n) is 11.6. The van der Waals surface area contributed by atoms with E-state index in [1.807, 2.05) is 24.3 Å². The van der Waals surface area contributed by atoms with E-state index in [-0.39, 0.29) is 35.5 Å². The lowest BCUT2D eigenvalue weighted by Gasteiger charge is -2.22. The van der Waals surface area contributed by atoms with Crippen molar-refractivity contribution >= 4 is 39.0 Å². The second-order valence-electron chi connectivity index (χ2n) is 9.54. The molecular weight excluding hydrogens is 486 g/mol. The van der Waals surface area contributed by atoms with Crippen molar-refractivity contribution < 1.29 is 9.59 Å². The molecule has 3 aromatic rings. The lowest BCUT2D eigenvalue weighted by molar-refractivity contribution is -0.122. The van der Waals surface area contributed by atoms with Crippen LogP contribution in [-0.2, 0) is 9.59 Å². The van der Waals surface area contributed by atoms with E-state index in [1.165, 1.54) is 21.6 Å². The van der Waals surface area contributed by atoms with Crippen LogP contribution in [0.15, 0.2) is 95.0 Å². The number of benzene rings is 3. The number of halogens is 1. The fourth-order valence-corrected chi connectivity index (χ4v) is 6.29. The summed E-state index contributed by atoms with van der Waals surface area (Å²) in [6.45, 7) is 4.17. The minimum Gasteiger partial charge on any atom is -0.274 e. The molecule has 0 spiro atoms. The Morgan fingerprint density at radius 2 is 1.24 bits per heavy atom. The topological polar surface area (TPSA) is 37.4 Å². The molecule has 168 valence electrons. The number of aryl methyl sites for hydroxylation is 2. The van der Waals surface area contributed by atoms with Crippen LogP contribution in [0.2, 0.25) is 0 Å². The lowest BCUT2D eigenvalue weighted by Crippen LogP contribution is -2.33. The largest absolute Gasteiger partial charge is 0.274 e. The molecule has 3 aliphatic rings. The highest BCUT2D eigenvalue weighted by atomic mass is 79.9. The maximum absolute atomic E-state index is 13.7. The highest BCUT2D eigenvalue weighted by molar-refractivity contribution is 9.10. The van der Waals surface area contributed by atoms with Gasteiger partial charge in [-0.15, -0.1) is 0 Å². The van der Waals surface area contributed by atoms with Crippen molar-refractivity contribution in [2.24, 2.45) is 23.7 Å². The van der Waals surface area contributed by atoms with Crippen molar-refractivity contribution in [1.82, 2.24) is 0 Å². The number of anilines is 1. The van der Waals surface area contributed by atoms with Crippen LogP contribution in [0, 0.1) is 37.5 Å². The summed E-state index contributed by atoms with van der Waals surface area (Å²) in [4.78, 5) is 28.7. The molecular formula is C30H24BrNO2. The normalized spacial score (nSPS) is 24.8. The molecule has 3 aromatic carbocycles. The molecule has 1 aliphatic heterocycles. The number of nitrogens with zero attached hydrogens (tertiary/aromatic N) is 1. The molecule has 1 heterocycles. The zero-order valence-corrected chi connectivity index (χ0v) is 20.6. The van der Waals surface area contributed by atoms with E-state index >= 15 is 0 Å². The first kappa shape index (κ1) is 21.3. The molecule has 2 aliphatic carbocycles. The summed E-state index contributed by atoms with van der Waals surface area (Å²) in [7, 11) is 0. The Kier molecular flexibility index (Phi) is 4.96. The third-order valence-corrected chi connectivity index (χ3v) is 7.94. The number of imide groups is 1. The quantitative estimate of drug-likeness (QED) is 0.299. The number of fused-ring (bicyclic) bond motifs is 5. The van der Waals surface area contributed by atoms with Crippen molar-refractivity contribution in [3.8, 4) is 0 Å². The van der Waals surface area contributed by atoms with Crippen molar-refractivity contribution in [3.63, 3.8) is 0 Å². The summed E-state index contributed by atoms with van der Waals surface area (Å²) >= 11 is 3.47. The average Bonchev–Trinajstić information content (AvgIpc) is 3.46. The predicted molar refractivity (Wildman–Crippen MR) is 138 cm³/mol. The van der Waals surface area contributed by atoms with Gasteiger partial charge in [0.15, 0.2) is 0 Å². The predicted octanol–water partition coefficient (Wildman–Crippen LogP) is 6.49. The SMILES string of the molecule is Cc1ccc(C(=C2[C@H]3C=C[C@H]2[C@@H]2C(=O)N(c4cccc(Br)c4)C(=O)[C@H]23)c2ccc(C)cc2)cc1. The molecule has 4 heteroatoms. The van der Waals surface area contributed by atoms with Gasteiger partial charge in [0.2, 0.25) is 11.8 Å². The first-order valence-corrected chi connectivity index (χ1v) is 12.4. The molecule has 2 bridgehead atoms. The Morgan fingerprint density at radius 1 is 0.735 bits per heavy atom. The highest BCUT2D eigenvalue weighted by Gasteiger charge is 2.62. The van der Waals surface area contributed by atoms with Gasteiger partial charge in [-0.2, -0.15) is 0 Å². The number of amides is 2. The first-order chi connectivity index (χ1) is 16.4. The van der Waals surface area contributed by atoms with E-state index in [2.05, 4.69) is 90.5 Å². The van der Waals surface area contributed by atoms with Crippen molar-refractivity contribution in [2.45, 2.75) is 13.8 Å². The van der Waals surface area contributed by atoms with Gasteiger partial charge in [-0.1, -0.05) is 93.8 Å². The summed E-state index contributed by atoms with van der Waals surface area (Å²) in [5.41, 5.74) is 7.68. The molecule has 0 unspecified atom stereocenters. The number of rotatable bonds is 3. The van der Waals surface area contributed by atoms with Crippen LogP contribution in [0.5, 0.6) is 0 Å². The molecule has 34 heavy (non-hydrogen) atoms. The van der Waals surface area contributed by atoms with Crippen LogP contribution in [0.1, 0.15) is 22.3 Å². The molecule has 0 aromatic heterocycles. The minimum atomic E-state index is -0.345. The fourth-order valence-electron chi connectivity index (χ4n) is 5.91. The fraction of sp³-hybridized carbons (Fsp3) is 0.200. The van der Waals surface area contributed by atoms with E-state index in [1.54, 1.807) is 0 Å². The molecule has 4 atom stereocenters. The van der Waals surface area contributed by atoms with E-state index in [4.69, 9.17) is 0 Å². The van der Waals surface area contributed by atoms with Gasteiger partial charge < -0.3 is 0 Å². The molecule has 0 N–H and O–H groups in total. The van der Waals surface area contributed by atoms with Crippen molar-refractivity contribution in [3.05, 3.63) is 117 Å². The van der Waals surface area contributed by atoms with Crippen LogP contribution in [-0.4, -0.2) is 11.8 Å². The molecule has 2 amide bonds. The van der Waals surface area contributed by atoms with Gasteiger partial charge in [-0.05, 0) is 54.3 Å². The number of hydrogen-bond donors (Lipinski definition) is 0. The van der Waals surface area contributed by atoms with Crippen LogP contribution in [0.4, 0.5) is 5.69 Å². The monoisotopic (exact) mass is 509 g/mol. The van der Waals surface area contributed by atoms with Crippen molar-refractivity contribution in [1.29, 1.82) is 0 Å². The number of allylic oxidation sites excluding steroid dienone is 3. The smallest absolute Gasteiger partial charge is 0.238 e. The molecule has 1 saturated carbocycles. The molecule has 1 saturated heterocycles. The second kappa shape index (κ2) is 7.92. The Bertz CT molecular complexity index is 1300. The van der Waals surface area contributed by atoms with Gasteiger partial charge in [0, 0.05) is 16.3 Å². The Labute approximate surface area is 207 Å². The summed E-state index contributed by atoms with van der Waals surface area (Å²) < 4.78 is 0.852. The van der Waals surface area contributed by atoms with Gasteiger partial charge in [0.1, 0.15) is 0 Å². The third-order valence-electron chi connectivity index (χ3n) is 7.45. The zero-order chi connectivity index (χ0) is 23.6. The number of carbonyl (C=O) groups is 2. The molecule has 6 rings (SSSR count). The van der Waals surface area contributed by atoms with E-state index < -0.39 is 0 Å². The molecule has 0 radical (unpaired) electrons. The lowest BCUT2D eigenvalue weighted by atomic mass is 9.85. The third kappa shape index (κ3) is 3.16. The molecule has 3 nitrogen and oxygen atoms in total. The minimum absolute atomic E-state index is 0.0683. The summed E-state index contributed by atoms with van der Waals surface area (Å²) in [5, 5.41) is 0. The van der Waals surface area contributed by atoms with Crippen LogP contribution in [0.25, 0.3) is 5.57 Å². The standard InChI is InChI=1S/C30H24BrNO2/c1-17-6-10-19(11-7-17)25(20-12-8-18(2)9-13-20)26-23-14-15-24(26)28-27(23)29(33)32(30(28)34)22-5-3-4-21(31)16-22/h3-16,23-24,27-28H,1-2H3/t23-,24-,27+,28+/m1/s1.